The molecule has 2 rings (SSSR count). The van der Waals surface area contributed by atoms with Crippen molar-refractivity contribution < 1.29 is 4.79 Å². The lowest BCUT2D eigenvalue weighted by Gasteiger charge is -2.08. The second-order valence-corrected chi connectivity index (χ2v) is 5.83. The van der Waals surface area contributed by atoms with Crippen molar-refractivity contribution >= 4 is 27.4 Å². The highest BCUT2D eigenvalue weighted by Gasteiger charge is 2.12. The molecule has 106 valence electrons. The lowest BCUT2D eigenvalue weighted by atomic mass is 10.1. The molecule has 1 heterocycles. The highest BCUT2D eigenvalue weighted by atomic mass is 79.9. The minimum absolute atomic E-state index is 0.0207. The minimum Gasteiger partial charge on any atom is -0.399 e. The largest absolute Gasteiger partial charge is 0.399 e. The molecule has 0 saturated carbocycles. The first-order chi connectivity index (χ1) is 9.49. The first-order valence-electron chi connectivity index (χ1n) is 6.63. The standard InChI is InChI=1S/C15H18BrN3O/c1-3-10(2)19-5-4-14(18-19)9-15(20)11-6-12(16)8-13(17)7-11/h4-8,10H,3,9,17H2,1-2H3. The molecule has 0 amide bonds. The number of halogens is 1. The molecule has 0 aliphatic carbocycles. The molecule has 0 saturated heterocycles. The van der Waals surface area contributed by atoms with E-state index in [2.05, 4.69) is 34.9 Å². The summed E-state index contributed by atoms with van der Waals surface area (Å²) in [4.78, 5) is 12.2. The number of carbonyl (C=O) groups excluding carboxylic acids is 1. The van der Waals surface area contributed by atoms with Gasteiger partial charge >= 0.3 is 0 Å². The molecule has 2 aromatic rings. The number of ketones is 1. The van der Waals surface area contributed by atoms with Gasteiger partial charge in [0.2, 0.25) is 0 Å². The number of benzene rings is 1. The lowest BCUT2D eigenvalue weighted by molar-refractivity contribution is 0.0991. The Balaban J connectivity index is 2.13. The van der Waals surface area contributed by atoms with E-state index in [4.69, 9.17) is 5.73 Å². The van der Waals surface area contributed by atoms with Gasteiger partial charge < -0.3 is 5.73 Å². The van der Waals surface area contributed by atoms with Crippen LogP contribution in [0, 0.1) is 0 Å². The second kappa shape index (κ2) is 6.22. The highest BCUT2D eigenvalue weighted by molar-refractivity contribution is 9.10. The van der Waals surface area contributed by atoms with Gasteiger partial charge in [-0.05, 0) is 37.6 Å². The van der Waals surface area contributed by atoms with Gasteiger partial charge in [-0.2, -0.15) is 5.10 Å². The van der Waals surface area contributed by atoms with Crippen LogP contribution in [0.5, 0.6) is 0 Å². The fraction of sp³-hybridized carbons (Fsp3) is 0.333. The Bertz CT molecular complexity index is 601. The second-order valence-electron chi connectivity index (χ2n) is 4.92. The van der Waals surface area contributed by atoms with Crippen LogP contribution >= 0.6 is 15.9 Å². The third kappa shape index (κ3) is 3.48. The molecule has 1 unspecified atom stereocenters. The first kappa shape index (κ1) is 14.8. The van der Waals surface area contributed by atoms with Crippen LogP contribution in [-0.2, 0) is 6.42 Å². The predicted octanol–water partition coefficient (Wildman–Crippen LogP) is 3.62. The average molecular weight is 336 g/mol. The molecule has 0 spiro atoms. The first-order valence-corrected chi connectivity index (χ1v) is 7.42. The number of nitrogen functional groups attached to an aromatic ring is 1. The molecular formula is C15H18BrN3O. The number of carbonyl (C=O) groups is 1. The van der Waals surface area contributed by atoms with Gasteiger partial charge in [-0.1, -0.05) is 22.9 Å². The number of nitrogens with two attached hydrogens (primary N) is 1. The molecule has 1 atom stereocenters. The molecule has 0 fully saturated rings. The van der Waals surface area contributed by atoms with Gasteiger partial charge in [-0.25, -0.2) is 0 Å². The zero-order chi connectivity index (χ0) is 14.7. The van der Waals surface area contributed by atoms with Crippen molar-refractivity contribution in [2.24, 2.45) is 0 Å². The number of aromatic nitrogens is 2. The predicted molar refractivity (Wildman–Crippen MR) is 83.8 cm³/mol. The summed E-state index contributed by atoms with van der Waals surface area (Å²) in [7, 11) is 0. The van der Waals surface area contributed by atoms with Gasteiger partial charge in [0.15, 0.2) is 5.78 Å². The monoisotopic (exact) mass is 335 g/mol. The van der Waals surface area contributed by atoms with E-state index >= 15 is 0 Å². The van der Waals surface area contributed by atoms with E-state index in [1.165, 1.54) is 0 Å². The normalized spacial score (nSPS) is 12.3. The molecule has 0 aliphatic heterocycles. The maximum Gasteiger partial charge on any atom is 0.168 e. The number of hydrogen-bond donors (Lipinski definition) is 1. The maximum absolute atomic E-state index is 12.2. The van der Waals surface area contributed by atoms with Crippen LogP contribution in [-0.4, -0.2) is 15.6 Å². The summed E-state index contributed by atoms with van der Waals surface area (Å²) in [5.41, 5.74) is 7.72. The summed E-state index contributed by atoms with van der Waals surface area (Å²) in [6.07, 6.45) is 3.22. The van der Waals surface area contributed by atoms with Gasteiger partial charge in [0.25, 0.3) is 0 Å². The Kier molecular flexibility index (Phi) is 4.60. The van der Waals surface area contributed by atoms with Crippen LogP contribution in [0.1, 0.15) is 42.4 Å². The SMILES string of the molecule is CCC(C)n1ccc(CC(=O)c2cc(N)cc(Br)c2)n1. The summed E-state index contributed by atoms with van der Waals surface area (Å²) >= 11 is 3.35. The third-order valence-electron chi connectivity index (χ3n) is 3.29. The Morgan fingerprint density at radius 3 is 2.85 bits per heavy atom. The summed E-state index contributed by atoms with van der Waals surface area (Å²) in [6, 6.07) is 7.49. The molecule has 2 N–H and O–H groups in total. The molecule has 0 aliphatic rings. The van der Waals surface area contributed by atoms with Crippen LogP contribution in [0.15, 0.2) is 34.9 Å². The van der Waals surface area contributed by atoms with Gasteiger partial charge in [0.1, 0.15) is 0 Å². The molecular weight excluding hydrogens is 318 g/mol. The molecule has 20 heavy (non-hydrogen) atoms. The van der Waals surface area contributed by atoms with E-state index in [1.54, 1.807) is 18.2 Å². The van der Waals surface area contributed by atoms with Gasteiger partial charge in [-0.15, -0.1) is 0 Å². The summed E-state index contributed by atoms with van der Waals surface area (Å²) < 4.78 is 2.71. The van der Waals surface area contributed by atoms with Gasteiger partial charge in [0.05, 0.1) is 12.1 Å². The van der Waals surface area contributed by atoms with Crippen molar-refractivity contribution in [2.75, 3.05) is 5.73 Å². The fourth-order valence-electron chi connectivity index (χ4n) is 1.94. The quantitative estimate of drug-likeness (QED) is 0.670. The van der Waals surface area contributed by atoms with Gasteiger partial charge in [0, 0.05) is 28.0 Å². The van der Waals surface area contributed by atoms with Crippen molar-refractivity contribution in [3.63, 3.8) is 0 Å². The number of anilines is 1. The molecule has 4 nitrogen and oxygen atoms in total. The van der Waals surface area contributed by atoms with Crippen molar-refractivity contribution in [3.05, 3.63) is 46.2 Å². The van der Waals surface area contributed by atoms with E-state index < -0.39 is 0 Å². The smallest absolute Gasteiger partial charge is 0.168 e. The average Bonchev–Trinajstić information content (AvgIpc) is 2.85. The third-order valence-corrected chi connectivity index (χ3v) is 3.75. The summed E-state index contributed by atoms with van der Waals surface area (Å²) in [6.45, 7) is 4.22. The Hall–Kier alpha value is -1.62. The Morgan fingerprint density at radius 2 is 2.20 bits per heavy atom. The molecule has 1 aromatic heterocycles. The van der Waals surface area contributed by atoms with E-state index in [1.807, 2.05) is 16.9 Å². The summed E-state index contributed by atoms with van der Waals surface area (Å²) in [5.74, 6) is 0.0207. The van der Waals surface area contributed by atoms with Crippen LogP contribution in [0.4, 0.5) is 5.69 Å². The van der Waals surface area contributed by atoms with Crippen molar-refractivity contribution in [1.82, 2.24) is 9.78 Å². The summed E-state index contributed by atoms with van der Waals surface area (Å²) in [5, 5.41) is 4.44. The molecule has 0 radical (unpaired) electrons. The van der Waals surface area contributed by atoms with E-state index in [9.17, 15) is 4.79 Å². The number of Topliss-reactive ketones (excluding diaryl/α,β-unsaturated/α-hetero) is 1. The van der Waals surface area contributed by atoms with Crippen LogP contribution < -0.4 is 5.73 Å². The van der Waals surface area contributed by atoms with Crippen LogP contribution in [0.25, 0.3) is 0 Å². The Morgan fingerprint density at radius 1 is 1.45 bits per heavy atom. The molecule has 0 bridgehead atoms. The zero-order valence-corrected chi connectivity index (χ0v) is 13.2. The Labute approximate surface area is 127 Å². The zero-order valence-electron chi connectivity index (χ0n) is 11.6. The van der Waals surface area contributed by atoms with Crippen LogP contribution in [0.2, 0.25) is 0 Å². The van der Waals surface area contributed by atoms with Gasteiger partial charge in [-0.3, -0.25) is 9.48 Å². The van der Waals surface area contributed by atoms with E-state index in [0.29, 0.717) is 23.7 Å². The molecule has 5 heteroatoms. The lowest BCUT2D eigenvalue weighted by Crippen LogP contribution is -2.08. The van der Waals surface area contributed by atoms with Crippen molar-refractivity contribution in [2.45, 2.75) is 32.7 Å². The van der Waals surface area contributed by atoms with Crippen molar-refractivity contribution in [3.8, 4) is 0 Å². The van der Waals surface area contributed by atoms with E-state index in [-0.39, 0.29) is 5.78 Å². The fourth-order valence-corrected chi connectivity index (χ4v) is 2.46. The van der Waals surface area contributed by atoms with Crippen LogP contribution in [0.3, 0.4) is 0 Å². The van der Waals surface area contributed by atoms with Crippen molar-refractivity contribution in [1.29, 1.82) is 0 Å². The molecule has 1 aromatic carbocycles. The minimum atomic E-state index is 0.0207. The number of nitrogens with zero attached hydrogens (tertiary/aromatic N) is 2. The number of rotatable bonds is 5. The highest BCUT2D eigenvalue weighted by Crippen LogP contribution is 2.19. The number of hydrogen-bond acceptors (Lipinski definition) is 3. The maximum atomic E-state index is 12.2. The van der Waals surface area contributed by atoms with E-state index in [0.717, 1.165) is 16.6 Å². The topological polar surface area (TPSA) is 60.9 Å².